The number of carbonyl (C=O) groups excluding carboxylic acids is 1. The van der Waals surface area contributed by atoms with Crippen LogP contribution in [0.15, 0.2) is 28.7 Å². The monoisotopic (exact) mass is 196 g/mol. The summed E-state index contributed by atoms with van der Waals surface area (Å²) in [6.45, 7) is 0. The van der Waals surface area contributed by atoms with Crippen molar-refractivity contribution in [3.8, 4) is 0 Å². The lowest BCUT2D eigenvalue weighted by Crippen LogP contribution is -1.69. The maximum Gasteiger partial charge on any atom is 0.125 e. The predicted octanol–water partition coefficient (Wildman–Crippen LogP) is 2.29. The zero-order valence-electron chi connectivity index (χ0n) is 5.17. The summed E-state index contributed by atoms with van der Waals surface area (Å²) in [6.07, 6.45) is 1.40. The molecule has 0 bridgehead atoms. The number of halogens is 1. The maximum atomic E-state index is 9.87. The molecular formula is C8H5BrO. The fourth-order valence-corrected chi connectivity index (χ4v) is 0.891. The van der Waals surface area contributed by atoms with Gasteiger partial charge in [0.2, 0.25) is 0 Å². The van der Waals surface area contributed by atoms with E-state index in [1.54, 1.807) is 5.94 Å². The fourth-order valence-electron chi connectivity index (χ4n) is 0.627. The first-order valence-corrected chi connectivity index (χ1v) is 3.58. The Bertz CT molecular complexity index is 257. The molecule has 0 amide bonds. The average Bonchev–Trinajstić information content (AvgIpc) is 1.95. The van der Waals surface area contributed by atoms with Gasteiger partial charge in [0.1, 0.15) is 5.94 Å². The molecule has 0 atom stereocenters. The second-order valence-corrected chi connectivity index (χ2v) is 2.73. The summed E-state index contributed by atoms with van der Waals surface area (Å²) in [7, 11) is 0. The Kier molecular flexibility index (Phi) is 2.43. The Morgan fingerprint density at radius 3 is 2.40 bits per heavy atom. The summed E-state index contributed by atoms with van der Waals surface area (Å²) in [5.41, 5.74) is 0.873. The molecule has 0 aliphatic rings. The van der Waals surface area contributed by atoms with Crippen LogP contribution in [0, 0.1) is 0 Å². The zero-order valence-corrected chi connectivity index (χ0v) is 6.76. The molecule has 1 rings (SSSR count). The standard InChI is InChI=1S/C8H5BrO/c9-8-3-1-7(2-4-8)5-6-10/h1-5H. The molecule has 10 heavy (non-hydrogen) atoms. The molecule has 0 aliphatic carbocycles. The van der Waals surface area contributed by atoms with Crippen molar-refractivity contribution in [2.75, 3.05) is 0 Å². The quantitative estimate of drug-likeness (QED) is 0.631. The molecule has 0 heterocycles. The van der Waals surface area contributed by atoms with Gasteiger partial charge < -0.3 is 0 Å². The highest BCUT2D eigenvalue weighted by molar-refractivity contribution is 9.10. The molecule has 0 spiro atoms. The van der Waals surface area contributed by atoms with Crippen LogP contribution in [0.4, 0.5) is 0 Å². The number of hydrogen-bond donors (Lipinski definition) is 0. The molecule has 2 heteroatoms. The topological polar surface area (TPSA) is 17.1 Å². The summed E-state index contributed by atoms with van der Waals surface area (Å²) in [4.78, 5) is 9.87. The highest BCUT2D eigenvalue weighted by Gasteiger charge is 1.85. The van der Waals surface area contributed by atoms with E-state index in [9.17, 15) is 4.79 Å². The van der Waals surface area contributed by atoms with Gasteiger partial charge in [-0.25, -0.2) is 4.79 Å². The highest BCUT2D eigenvalue weighted by atomic mass is 79.9. The minimum absolute atomic E-state index is 0.873. The second-order valence-electron chi connectivity index (χ2n) is 1.81. The van der Waals surface area contributed by atoms with Crippen LogP contribution in [0.2, 0.25) is 0 Å². The van der Waals surface area contributed by atoms with E-state index >= 15 is 0 Å². The van der Waals surface area contributed by atoms with E-state index in [-0.39, 0.29) is 0 Å². The van der Waals surface area contributed by atoms with Crippen LogP contribution in [0.3, 0.4) is 0 Å². The molecule has 1 nitrogen and oxygen atoms in total. The number of rotatable bonds is 1. The average molecular weight is 197 g/mol. The molecule has 0 unspecified atom stereocenters. The van der Waals surface area contributed by atoms with E-state index in [1.807, 2.05) is 24.3 Å². The zero-order chi connectivity index (χ0) is 7.40. The van der Waals surface area contributed by atoms with Crippen LogP contribution in [-0.2, 0) is 4.79 Å². The minimum atomic E-state index is 0.873. The lowest BCUT2D eigenvalue weighted by molar-refractivity contribution is 0.570. The van der Waals surface area contributed by atoms with Crippen LogP contribution in [-0.4, -0.2) is 5.94 Å². The largest absolute Gasteiger partial charge is 0.233 e. The normalized spacial score (nSPS) is 8.50. The lowest BCUT2D eigenvalue weighted by Gasteiger charge is -1.89. The minimum Gasteiger partial charge on any atom is -0.233 e. The third kappa shape index (κ3) is 1.83. The molecule has 0 aliphatic heterocycles. The summed E-state index contributed by atoms with van der Waals surface area (Å²) < 4.78 is 1.01. The maximum absolute atomic E-state index is 9.87. The van der Waals surface area contributed by atoms with Crippen molar-refractivity contribution in [2.45, 2.75) is 0 Å². The van der Waals surface area contributed by atoms with Gasteiger partial charge in [-0.05, 0) is 17.7 Å². The second kappa shape index (κ2) is 3.35. The van der Waals surface area contributed by atoms with Crippen molar-refractivity contribution in [2.24, 2.45) is 0 Å². The van der Waals surface area contributed by atoms with Crippen molar-refractivity contribution in [1.29, 1.82) is 0 Å². The van der Waals surface area contributed by atoms with Crippen LogP contribution in [0.25, 0.3) is 6.08 Å². The van der Waals surface area contributed by atoms with Gasteiger partial charge in [-0.1, -0.05) is 28.1 Å². The van der Waals surface area contributed by atoms with E-state index in [2.05, 4.69) is 15.9 Å². The summed E-state index contributed by atoms with van der Waals surface area (Å²) in [5, 5.41) is 0. The van der Waals surface area contributed by atoms with Crippen LogP contribution < -0.4 is 0 Å². The fraction of sp³-hybridized carbons (Fsp3) is 0. The van der Waals surface area contributed by atoms with Crippen LogP contribution in [0.5, 0.6) is 0 Å². The first kappa shape index (κ1) is 7.26. The van der Waals surface area contributed by atoms with Gasteiger partial charge in [0.05, 0.1) is 0 Å². The van der Waals surface area contributed by atoms with E-state index in [1.165, 1.54) is 6.08 Å². The molecule has 1 aromatic carbocycles. The molecule has 0 N–H and O–H groups in total. The van der Waals surface area contributed by atoms with Crippen molar-refractivity contribution in [1.82, 2.24) is 0 Å². The van der Waals surface area contributed by atoms with E-state index in [0.29, 0.717) is 0 Å². The first-order chi connectivity index (χ1) is 4.83. The Hall–Kier alpha value is -0.850. The molecule has 0 fully saturated rings. The van der Waals surface area contributed by atoms with Crippen molar-refractivity contribution >= 4 is 27.9 Å². The Morgan fingerprint density at radius 2 is 1.90 bits per heavy atom. The smallest absolute Gasteiger partial charge is 0.125 e. The van der Waals surface area contributed by atoms with Gasteiger partial charge in [0.25, 0.3) is 0 Å². The highest BCUT2D eigenvalue weighted by Crippen LogP contribution is 2.10. The van der Waals surface area contributed by atoms with E-state index < -0.39 is 0 Å². The Balaban J connectivity index is 3.00. The van der Waals surface area contributed by atoms with Crippen molar-refractivity contribution in [3.05, 3.63) is 34.3 Å². The van der Waals surface area contributed by atoms with Gasteiger partial charge in [0, 0.05) is 10.5 Å². The predicted molar refractivity (Wildman–Crippen MR) is 44.3 cm³/mol. The summed E-state index contributed by atoms with van der Waals surface area (Å²) in [5.74, 6) is 1.71. The molecule has 0 aromatic heterocycles. The van der Waals surface area contributed by atoms with E-state index in [4.69, 9.17) is 0 Å². The molecular weight excluding hydrogens is 192 g/mol. The van der Waals surface area contributed by atoms with Crippen molar-refractivity contribution < 1.29 is 4.79 Å². The third-order valence-electron chi connectivity index (χ3n) is 1.10. The SMILES string of the molecule is O=C=Cc1ccc(Br)cc1. The molecule has 0 saturated heterocycles. The molecule has 1 aromatic rings. The third-order valence-corrected chi connectivity index (χ3v) is 1.62. The van der Waals surface area contributed by atoms with Crippen LogP contribution >= 0.6 is 15.9 Å². The summed E-state index contributed by atoms with van der Waals surface area (Å²) in [6, 6.07) is 7.44. The first-order valence-electron chi connectivity index (χ1n) is 2.79. The van der Waals surface area contributed by atoms with Crippen LogP contribution in [0.1, 0.15) is 5.56 Å². The van der Waals surface area contributed by atoms with Gasteiger partial charge >= 0.3 is 0 Å². The number of hydrogen-bond acceptors (Lipinski definition) is 1. The molecule has 0 saturated carbocycles. The Morgan fingerprint density at radius 1 is 1.30 bits per heavy atom. The Labute approximate surface area is 67.5 Å². The van der Waals surface area contributed by atoms with Gasteiger partial charge in [0.15, 0.2) is 0 Å². The van der Waals surface area contributed by atoms with Gasteiger partial charge in [-0.3, -0.25) is 0 Å². The number of benzene rings is 1. The lowest BCUT2D eigenvalue weighted by atomic mass is 10.2. The van der Waals surface area contributed by atoms with Gasteiger partial charge in [-0.15, -0.1) is 0 Å². The van der Waals surface area contributed by atoms with E-state index in [0.717, 1.165) is 10.0 Å². The summed E-state index contributed by atoms with van der Waals surface area (Å²) >= 11 is 3.28. The molecule has 50 valence electrons. The van der Waals surface area contributed by atoms with Gasteiger partial charge in [-0.2, -0.15) is 0 Å². The van der Waals surface area contributed by atoms with Crippen molar-refractivity contribution in [3.63, 3.8) is 0 Å². The molecule has 0 radical (unpaired) electrons.